The molecule has 0 radical (unpaired) electrons. The molecule has 2 rings (SSSR count). The van der Waals surface area contributed by atoms with E-state index in [1.54, 1.807) is 6.92 Å². The number of nitrogens with one attached hydrogen (secondary N) is 1. The predicted octanol–water partition coefficient (Wildman–Crippen LogP) is 1.28. The number of amides is 1. The maximum absolute atomic E-state index is 12.2. The normalized spacial score (nSPS) is 18.9. The van der Waals surface area contributed by atoms with E-state index in [4.69, 9.17) is 13.9 Å². The van der Waals surface area contributed by atoms with E-state index in [9.17, 15) is 19.7 Å². The van der Waals surface area contributed by atoms with Crippen LogP contribution in [0, 0.1) is 16.0 Å². The molecule has 1 aromatic rings. The van der Waals surface area contributed by atoms with Crippen molar-refractivity contribution in [1.82, 2.24) is 5.32 Å². The van der Waals surface area contributed by atoms with E-state index in [0.717, 1.165) is 12.5 Å². The molecule has 1 aliphatic rings. The van der Waals surface area contributed by atoms with Crippen molar-refractivity contribution >= 4 is 17.8 Å². The Morgan fingerprint density at radius 2 is 2.30 bits per heavy atom. The smallest absolute Gasteiger partial charge is 0.433 e. The summed E-state index contributed by atoms with van der Waals surface area (Å²) in [5.74, 6) is -2.25. The van der Waals surface area contributed by atoms with E-state index >= 15 is 0 Å². The number of rotatable bonds is 6. The van der Waals surface area contributed by atoms with Gasteiger partial charge in [0.15, 0.2) is 5.76 Å². The summed E-state index contributed by atoms with van der Waals surface area (Å²) in [6.07, 6.45) is 1.49. The van der Waals surface area contributed by atoms with Crippen molar-refractivity contribution in [1.29, 1.82) is 0 Å². The summed E-state index contributed by atoms with van der Waals surface area (Å²) in [5.41, 5.74) is 0. The van der Waals surface area contributed by atoms with Crippen molar-refractivity contribution in [3.05, 3.63) is 28.0 Å². The number of carbonyl (C=O) groups is 2. The monoisotopic (exact) mass is 326 g/mol. The van der Waals surface area contributed by atoms with Gasteiger partial charge in [0.25, 0.3) is 5.91 Å². The number of carbonyl (C=O) groups excluding carboxylic acids is 2. The zero-order chi connectivity index (χ0) is 16.8. The Bertz CT molecular complexity index is 577. The SMILES string of the molecule is CCOC(=O)[C@H](NC(=O)c1ccc([N+](=O)[O-])o1)[C@@H]1CCCOC1. The number of esters is 1. The van der Waals surface area contributed by atoms with E-state index in [0.29, 0.717) is 19.6 Å². The highest BCUT2D eigenvalue weighted by molar-refractivity contribution is 5.94. The van der Waals surface area contributed by atoms with Gasteiger partial charge in [-0.25, -0.2) is 4.79 Å². The summed E-state index contributed by atoms with van der Waals surface area (Å²) >= 11 is 0. The molecule has 126 valence electrons. The summed E-state index contributed by atoms with van der Waals surface area (Å²) in [7, 11) is 0. The third-order valence-corrected chi connectivity index (χ3v) is 3.49. The van der Waals surface area contributed by atoms with Crippen LogP contribution in [0.2, 0.25) is 0 Å². The van der Waals surface area contributed by atoms with Crippen LogP contribution in [0.4, 0.5) is 5.88 Å². The average molecular weight is 326 g/mol. The van der Waals surface area contributed by atoms with Gasteiger partial charge in [-0.3, -0.25) is 14.9 Å². The first-order valence-electron chi connectivity index (χ1n) is 7.32. The van der Waals surface area contributed by atoms with Gasteiger partial charge >= 0.3 is 11.9 Å². The molecule has 2 atom stereocenters. The summed E-state index contributed by atoms with van der Waals surface area (Å²) in [6, 6.07) is 1.39. The Morgan fingerprint density at radius 1 is 1.52 bits per heavy atom. The minimum Gasteiger partial charge on any atom is -0.464 e. The fourth-order valence-corrected chi connectivity index (χ4v) is 2.39. The molecule has 2 heterocycles. The molecule has 0 bridgehead atoms. The van der Waals surface area contributed by atoms with Gasteiger partial charge < -0.3 is 19.2 Å². The van der Waals surface area contributed by atoms with Crippen LogP contribution in [0.25, 0.3) is 0 Å². The minimum atomic E-state index is -0.882. The van der Waals surface area contributed by atoms with Crippen molar-refractivity contribution in [3.8, 4) is 0 Å². The van der Waals surface area contributed by atoms with Crippen LogP contribution < -0.4 is 5.32 Å². The van der Waals surface area contributed by atoms with E-state index in [1.165, 1.54) is 6.07 Å². The Kier molecular flexibility index (Phi) is 5.69. The Morgan fingerprint density at radius 3 is 2.87 bits per heavy atom. The van der Waals surface area contributed by atoms with Gasteiger partial charge in [-0.15, -0.1) is 0 Å². The zero-order valence-electron chi connectivity index (χ0n) is 12.6. The topological polar surface area (TPSA) is 121 Å². The van der Waals surface area contributed by atoms with Crippen LogP contribution in [0.3, 0.4) is 0 Å². The van der Waals surface area contributed by atoms with Crippen LogP contribution in [0.15, 0.2) is 16.5 Å². The molecule has 1 saturated heterocycles. The number of ether oxygens (including phenoxy) is 2. The van der Waals surface area contributed by atoms with Gasteiger partial charge in [-0.2, -0.15) is 0 Å². The molecule has 1 aromatic heterocycles. The fourth-order valence-electron chi connectivity index (χ4n) is 2.39. The van der Waals surface area contributed by atoms with Crippen LogP contribution >= 0.6 is 0 Å². The largest absolute Gasteiger partial charge is 0.464 e. The van der Waals surface area contributed by atoms with Crippen molar-refractivity contribution in [3.63, 3.8) is 0 Å². The lowest BCUT2D eigenvalue weighted by Crippen LogP contribution is -2.49. The zero-order valence-corrected chi connectivity index (χ0v) is 12.6. The molecule has 0 aliphatic carbocycles. The first-order chi connectivity index (χ1) is 11.0. The highest BCUT2D eigenvalue weighted by Gasteiger charge is 2.33. The first-order valence-corrected chi connectivity index (χ1v) is 7.32. The molecule has 0 unspecified atom stereocenters. The third kappa shape index (κ3) is 4.28. The summed E-state index contributed by atoms with van der Waals surface area (Å²) in [4.78, 5) is 34.1. The molecule has 9 nitrogen and oxygen atoms in total. The lowest BCUT2D eigenvalue weighted by Gasteiger charge is -2.29. The van der Waals surface area contributed by atoms with Gasteiger partial charge in [-0.05, 0) is 25.8 Å². The lowest BCUT2D eigenvalue weighted by atomic mass is 9.93. The van der Waals surface area contributed by atoms with Crippen molar-refractivity contribution in [2.45, 2.75) is 25.8 Å². The maximum atomic E-state index is 12.2. The van der Waals surface area contributed by atoms with E-state index in [2.05, 4.69) is 5.32 Å². The van der Waals surface area contributed by atoms with E-state index < -0.39 is 28.7 Å². The van der Waals surface area contributed by atoms with Gasteiger partial charge in [-0.1, -0.05) is 0 Å². The molecule has 1 amide bonds. The molecular formula is C14H18N2O7. The van der Waals surface area contributed by atoms with Gasteiger partial charge in [0.1, 0.15) is 11.0 Å². The molecule has 1 aliphatic heterocycles. The summed E-state index contributed by atoms with van der Waals surface area (Å²) in [6.45, 7) is 2.81. The van der Waals surface area contributed by atoms with Crippen LogP contribution in [-0.2, 0) is 14.3 Å². The number of nitrogens with zero attached hydrogens (tertiary/aromatic N) is 1. The fraction of sp³-hybridized carbons (Fsp3) is 0.571. The molecule has 1 fully saturated rings. The molecule has 9 heteroatoms. The Balaban J connectivity index is 2.10. The van der Waals surface area contributed by atoms with Gasteiger partial charge in [0.05, 0.1) is 19.3 Å². The third-order valence-electron chi connectivity index (χ3n) is 3.49. The molecule has 0 aromatic carbocycles. The second-order valence-electron chi connectivity index (χ2n) is 5.08. The first kappa shape index (κ1) is 16.9. The van der Waals surface area contributed by atoms with E-state index in [1.807, 2.05) is 0 Å². The minimum absolute atomic E-state index is 0.186. The highest BCUT2D eigenvalue weighted by Crippen LogP contribution is 2.20. The summed E-state index contributed by atoms with van der Waals surface area (Å²) < 4.78 is 15.2. The number of hydrogen-bond acceptors (Lipinski definition) is 7. The van der Waals surface area contributed by atoms with Crippen LogP contribution in [0.5, 0.6) is 0 Å². The van der Waals surface area contributed by atoms with Crippen molar-refractivity contribution in [2.24, 2.45) is 5.92 Å². The molecule has 0 saturated carbocycles. The second-order valence-corrected chi connectivity index (χ2v) is 5.08. The Hall–Kier alpha value is -2.42. The average Bonchev–Trinajstić information content (AvgIpc) is 3.03. The number of hydrogen-bond donors (Lipinski definition) is 1. The number of nitro groups is 1. The predicted molar refractivity (Wildman–Crippen MR) is 76.8 cm³/mol. The molecule has 0 spiro atoms. The van der Waals surface area contributed by atoms with Gasteiger partial charge in [0, 0.05) is 12.5 Å². The highest BCUT2D eigenvalue weighted by atomic mass is 16.6. The quantitative estimate of drug-likeness (QED) is 0.474. The van der Waals surface area contributed by atoms with E-state index in [-0.39, 0.29) is 18.3 Å². The van der Waals surface area contributed by atoms with Crippen LogP contribution in [0.1, 0.15) is 30.3 Å². The maximum Gasteiger partial charge on any atom is 0.433 e. The van der Waals surface area contributed by atoms with Crippen molar-refractivity contribution < 1.29 is 28.4 Å². The summed E-state index contributed by atoms with van der Waals surface area (Å²) in [5, 5.41) is 13.1. The van der Waals surface area contributed by atoms with Crippen molar-refractivity contribution in [2.75, 3.05) is 19.8 Å². The molecular weight excluding hydrogens is 308 g/mol. The second kappa shape index (κ2) is 7.73. The number of furan rings is 1. The standard InChI is InChI=1S/C14H18N2O7/c1-2-22-14(18)12(9-4-3-7-21-8-9)15-13(17)10-5-6-11(23-10)16(19)20/h5-6,9,12H,2-4,7-8H2,1H3,(H,15,17)/t9-,12-/m1/s1. The van der Waals surface area contributed by atoms with Gasteiger partial charge in [0.2, 0.25) is 0 Å². The van der Waals surface area contributed by atoms with Crippen LogP contribution in [-0.4, -0.2) is 42.7 Å². The Labute approximate surface area is 132 Å². The molecule has 23 heavy (non-hydrogen) atoms. The lowest BCUT2D eigenvalue weighted by molar-refractivity contribution is -0.402. The molecule has 1 N–H and O–H groups in total.